The Morgan fingerprint density at radius 2 is 1.73 bits per heavy atom. The number of hydrogen-bond acceptors (Lipinski definition) is 9. The van der Waals surface area contributed by atoms with Crippen LogP contribution in [0.15, 0.2) is 55.8 Å². The fourth-order valence-corrected chi connectivity index (χ4v) is 3.98. The molecular weight excluding hydrogens is 416 g/mol. The van der Waals surface area contributed by atoms with Crippen LogP contribution in [0.3, 0.4) is 0 Å². The highest BCUT2D eigenvalue weighted by molar-refractivity contribution is 5.84. The molecular formula is C24H28N8O. The normalized spacial score (nSPS) is 16.9. The molecule has 1 aromatic carbocycles. The van der Waals surface area contributed by atoms with E-state index in [9.17, 15) is 0 Å². The first-order chi connectivity index (χ1) is 16.0. The number of benzene rings is 1. The zero-order chi connectivity index (χ0) is 22.8. The molecule has 33 heavy (non-hydrogen) atoms. The largest absolute Gasteiger partial charge is 0.488 e. The van der Waals surface area contributed by atoms with Crippen LogP contribution in [0.4, 0.5) is 17.3 Å². The molecule has 3 N–H and O–H groups in total. The molecule has 1 saturated heterocycles. The fourth-order valence-electron chi connectivity index (χ4n) is 3.98. The van der Waals surface area contributed by atoms with Crippen molar-refractivity contribution in [2.45, 2.75) is 25.4 Å². The molecule has 170 valence electrons. The van der Waals surface area contributed by atoms with E-state index < -0.39 is 0 Å². The molecule has 2 aromatic heterocycles. The number of nitrogen functional groups attached to an aromatic ring is 1. The lowest BCUT2D eigenvalue weighted by Gasteiger charge is -2.36. The Kier molecular flexibility index (Phi) is 5.55. The summed E-state index contributed by atoms with van der Waals surface area (Å²) in [5.74, 6) is 8.41. The fraction of sp³-hybridized carbons (Fsp3) is 0.333. The molecule has 3 aromatic rings. The summed E-state index contributed by atoms with van der Waals surface area (Å²) < 4.78 is 6.14. The summed E-state index contributed by atoms with van der Waals surface area (Å²) >= 11 is 0. The van der Waals surface area contributed by atoms with Gasteiger partial charge in [-0.15, -0.1) is 0 Å². The van der Waals surface area contributed by atoms with Gasteiger partial charge in [0.25, 0.3) is 0 Å². The first kappa shape index (κ1) is 21.1. The minimum Gasteiger partial charge on any atom is -0.488 e. The van der Waals surface area contributed by atoms with Crippen LogP contribution in [0.1, 0.15) is 31.0 Å². The Hall–Kier alpha value is -3.72. The predicted octanol–water partition coefficient (Wildman–Crippen LogP) is 2.87. The summed E-state index contributed by atoms with van der Waals surface area (Å²) in [6, 6.07) is 9.74. The number of hydrazine groups is 1. The van der Waals surface area contributed by atoms with Gasteiger partial charge in [0.15, 0.2) is 0 Å². The maximum Gasteiger partial charge on any atom is 0.132 e. The van der Waals surface area contributed by atoms with E-state index in [2.05, 4.69) is 48.7 Å². The van der Waals surface area contributed by atoms with Crippen molar-refractivity contribution in [3.63, 3.8) is 0 Å². The number of nitrogens with one attached hydrogen (secondary N) is 1. The van der Waals surface area contributed by atoms with E-state index in [1.54, 1.807) is 18.9 Å². The van der Waals surface area contributed by atoms with Gasteiger partial charge in [-0.2, -0.15) is 0 Å². The Balaban J connectivity index is 1.33. The van der Waals surface area contributed by atoms with E-state index in [-0.39, 0.29) is 5.60 Å². The average Bonchev–Trinajstić information content (AvgIpc) is 3.60. The van der Waals surface area contributed by atoms with Crippen molar-refractivity contribution in [2.24, 2.45) is 5.84 Å². The zero-order valence-electron chi connectivity index (χ0n) is 18.7. The molecule has 2 aliphatic rings. The average molecular weight is 445 g/mol. The number of hydrogen-bond donors (Lipinski definition) is 2. The number of rotatable bonds is 7. The van der Waals surface area contributed by atoms with Crippen LogP contribution in [0.25, 0.3) is 5.57 Å². The predicted molar refractivity (Wildman–Crippen MR) is 129 cm³/mol. The summed E-state index contributed by atoms with van der Waals surface area (Å²) in [6.45, 7) is 9.83. The highest BCUT2D eigenvalue weighted by Gasteiger charge is 2.40. The second-order valence-electron chi connectivity index (χ2n) is 8.69. The van der Waals surface area contributed by atoms with Crippen molar-refractivity contribution in [3.8, 4) is 5.75 Å². The van der Waals surface area contributed by atoms with Crippen molar-refractivity contribution in [1.82, 2.24) is 19.9 Å². The number of nitrogens with zero attached hydrogens (tertiary/aromatic N) is 6. The lowest BCUT2D eigenvalue weighted by atomic mass is 10.0. The molecule has 1 saturated carbocycles. The first-order valence-electron chi connectivity index (χ1n) is 11.1. The minimum absolute atomic E-state index is 0.0632. The summed E-state index contributed by atoms with van der Waals surface area (Å²) in [5, 5.41) is 0. The molecule has 0 spiro atoms. The summed E-state index contributed by atoms with van der Waals surface area (Å²) in [5.41, 5.74) is 5.85. The number of anilines is 3. The third-order valence-corrected chi connectivity index (χ3v) is 6.25. The van der Waals surface area contributed by atoms with Gasteiger partial charge in [0.05, 0.1) is 11.4 Å². The van der Waals surface area contributed by atoms with Gasteiger partial charge in [0, 0.05) is 49.6 Å². The molecule has 3 heterocycles. The van der Waals surface area contributed by atoms with Gasteiger partial charge in [0.1, 0.15) is 35.6 Å². The lowest BCUT2D eigenvalue weighted by Crippen LogP contribution is -2.47. The molecule has 9 nitrogen and oxygen atoms in total. The van der Waals surface area contributed by atoms with Gasteiger partial charge in [-0.3, -0.25) is 5.84 Å². The molecule has 5 rings (SSSR count). The van der Waals surface area contributed by atoms with Gasteiger partial charge in [-0.25, -0.2) is 19.9 Å². The molecule has 2 fully saturated rings. The van der Waals surface area contributed by atoms with E-state index in [1.807, 2.05) is 30.3 Å². The van der Waals surface area contributed by atoms with Crippen LogP contribution in [-0.4, -0.2) is 51.7 Å². The van der Waals surface area contributed by atoms with Crippen LogP contribution < -0.4 is 25.8 Å². The number of nitrogens with two attached hydrogens (primary N) is 1. The Labute approximate surface area is 193 Å². The Bertz CT molecular complexity index is 1140. The standard InChI is InChI=1S/C24H28N8O/c1-17(19-13-18(3-4-20(19)30-25)33-24(2)6-7-24)21-14-23(29-16-27-21)32-11-9-31(10-12-32)22-5-8-26-15-28-22/h3-5,8,13-16,30H,1,6-7,9-12,25H2,2H3. The minimum atomic E-state index is -0.0632. The second-order valence-corrected chi connectivity index (χ2v) is 8.69. The quantitative estimate of drug-likeness (QED) is 0.420. The molecule has 1 aliphatic heterocycles. The molecule has 0 atom stereocenters. The monoisotopic (exact) mass is 444 g/mol. The molecule has 0 amide bonds. The number of aromatic nitrogens is 4. The smallest absolute Gasteiger partial charge is 0.132 e. The highest BCUT2D eigenvalue weighted by Crippen LogP contribution is 2.41. The second kappa shape index (κ2) is 8.67. The first-order valence-corrected chi connectivity index (χ1v) is 11.1. The summed E-state index contributed by atoms with van der Waals surface area (Å²) in [7, 11) is 0. The van der Waals surface area contributed by atoms with Crippen molar-refractivity contribution in [2.75, 3.05) is 41.4 Å². The van der Waals surface area contributed by atoms with Crippen molar-refractivity contribution < 1.29 is 4.74 Å². The van der Waals surface area contributed by atoms with Crippen LogP contribution in [0, 0.1) is 0 Å². The lowest BCUT2D eigenvalue weighted by molar-refractivity contribution is 0.200. The van der Waals surface area contributed by atoms with E-state index in [1.165, 1.54) is 0 Å². The van der Waals surface area contributed by atoms with Gasteiger partial charge >= 0.3 is 0 Å². The Morgan fingerprint density at radius 3 is 2.39 bits per heavy atom. The van der Waals surface area contributed by atoms with Crippen LogP contribution in [0.5, 0.6) is 5.75 Å². The van der Waals surface area contributed by atoms with E-state index >= 15 is 0 Å². The molecule has 0 unspecified atom stereocenters. The number of ether oxygens (including phenoxy) is 1. The van der Waals surface area contributed by atoms with Crippen molar-refractivity contribution in [1.29, 1.82) is 0 Å². The third kappa shape index (κ3) is 4.58. The van der Waals surface area contributed by atoms with Crippen LogP contribution in [0.2, 0.25) is 0 Å². The van der Waals surface area contributed by atoms with Gasteiger partial charge in [-0.1, -0.05) is 6.58 Å². The van der Waals surface area contributed by atoms with E-state index in [0.29, 0.717) is 0 Å². The highest BCUT2D eigenvalue weighted by atomic mass is 16.5. The number of piperazine rings is 1. The van der Waals surface area contributed by atoms with Crippen molar-refractivity contribution in [3.05, 3.63) is 67.0 Å². The maximum absolute atomic E-state index is 6.14. The van der Waals surface area contributed by atoms with E-state index in [0.717, 1.165) is 78.9 Å². The van der Waals surface area contributed by atoms with Crippen LogP contribution >= 0.6 is 0 Å². The van der Waals surface area contributed by atoms with E-state index in [4.69, 9.17) is 10.6 Å². The molecule has 1 aliphatic carbocycles. The zero-order valence-corrected chi connectivity index (χ0v) is 18.7. The maximum atomic E-state index is 6.14. The summed E-state index contributed by atoms with van der Waals surface area (Å²) in [6.07, 6.45) is 7.08. The van der Waals surface area contributed by atoms with Gasteiger partial charge in [0.2, 0.25) is 0 Å². The summed E-state index contributed by atoms with van der Waals surface area (Å²) in [4.78, 5) is 21.9. The van der Waals surface area contributed by atoms with Gasteiger partial charge in [-0.05, 0) is 44.0 Å². The Morgan fingerprint density at radius 1 is 1.00 bits per heavy atom. The molecule has 9 heteroatoms. The van der Waals surface area contributed by atoms with Crippen molar-refractivity contribution >= 4 is 22.9 Å². The molecule has 0 radical (unpaired) electrons. The van der Waals surface area contributed by atoms with Gasteiger partial charge < -0.3 is 20.0 Å². The third-order valence-electron chi connectivity index (χ3n) is 6.25. The van der Waals surface area contributed by atoms with Crippen LogP contribution in [-0.2, 0) is 0 Å². The topological polar surface area (TPSA) is 105 Å². The SMILES string of the molecule is C=C(c1cc(N2CCN(c3ccncn3)CC2)ncn1)c1cc(OC2(C)CC2)ccc1NN. The molecule has 0 bridgehead atoms.